The van der Waals surface area contributed by atoms with Crippen molar-refractivity contribution in [1.82, 2.24) is 14.5 Å². The molecule has 3 N–H and O–H groups in total. The molecule has 0 saturated heterocycles. The third kappa shape index (κ3) is 2.63. The molecule has 2 aromatic heterocycles. The molecular formula is C15H15FN6O. The largest absolute Gasteiger partial charge is 0.291 e. The molecule has 2 aromatic rings. The number of rotatable bonds is 3. The van der Waals surface area contributed by atoms with Gasteiger partial charge in [0.15, 0.2) is 5.82 Å². The summed E-state index contributed by atoms with van der Waals surface area (Å²) < 4.78 is 14.2. The number of aromatic nitrogens is 3. The first kappa shape index (κ1) is 15.0. The highest BCUT2D eigenvalue weighted by atomic mass is 19.1. The van der Waals surface area contributed by atoms with Crippen molar-refractivity contribution in [2.75, 3.05) is 5.32 Å². The topological polar surface area (TPSA) is 108 Å². The smallest absolute Gasteiger partial charge is 0.261 e. The zero-order valence-corrected chi connectivity index (χ0v) is 12.4. The highest BCUT2D eigenvalue weighted by molar-refractivity contribution is 6.03. The van der Waals surface area contributed by atoms with Crippen LogP contribution < -0.4 is 10.8 Å². The number of carbonyl (C=O) groups is 1. The Morgan fingerprint density at radius 1 is 1.48 bits per heavy atom. The summed E-state index contributed by atoms with van der Waals surface area (Å²) in [6.07, 6.45) is 4.65. The molecule has 0 bridgehead atoms. The molecule has 8 heteroatoms. The van der Waals surface area contributed by atoms with Gasteiger partial charge in [0, 0.05) is 5.69 Å². The SMILES string of the molecule is CC1CCc2c1cc(C(=O)Nc1ncc(F)cn1)c(=N)n2C=N. The van der Waals surface area contributed by atoms with E-state index in [1.54, 1.807) is 6.07 Å². The van der Waals surface area contributed by atoms with Crippen LogP contribution in [0.4, 0.5) is 10.3 Å². The molecule has 0 fully saturated rings. The quantitative estimate of drug-likeness (QED) is 0.592. The second-order valence-corrected chi connectivity index (χ2v) is 5.43. The number of halogens is 1. The van der Waals surface area contributed by atoms with Crippen molar-refractivity contribution in [2.45, 2.75) is 25.7 Å². The highest BCUT2D eigenvalue weighted by Crippen LogP contribution is 2.31. The number of hydrogen-bond donors (Lipinski definition) is 3. The molecule has 1 amide bonds. The molecule has 7 nitrogen and oxygen atoms in total. The predicted octanol–water partition coefficient (Wildman–Crippen LogP) is 1.65. The Kier molecular flexibility index (Phi) is 3.73. The van der Waals surface area contributed by atoms with Crippen molar-refractivity contribution < 1.29 is 9.18 Å². The van der Waals surface area contributed by atoms with Gasteiger partial charge in [-0.15, -0.1) is 0 Å². The molecule has 118 valence electrons. The van der Waals surface area contributed by atoms with E-state index < -0.39 is 11.7 Å². The van der Waals surface area contributed by atoms with Crippen molar-refractivity contribution in [1.29, 1.82) is 10.8 Å². The van der Waals surface area contributed by atoms with Crippen molar-refractivity contribution in [3.8, 4) is 0 Å². The van der Waals surface area contributed by atoms with Crippen molar-refractivity contribution in [3.05, 3.63) is 46.6 Å². The van der Waals surface area contributed by atoms with Crippen LogP contribution in [0.3, 0.4) is 0 Å². The van der Waals surface area contributed by atoms with Crippen LogP contribution in [-0.4, -0.2) is 26.8 Å². The Morgan fingerprint density at radius 2 is 2.17 bits per heavy atom. The number of amides is 1. The summed E-state index contributed by atoms with van der Waals surface area (Å²) in [7, 11) is 0. The second-order valence-electron chi connectivity index (χ2n) is 5.43. The van der Waals surface area contributed by atoms with E-state index in [0.29, 0.717) is 0 Å². The van der Waals surface area contributed by atoms with Crippen molar-refractivity contribution in [3.63, 3.8) is 0 Å². The fraction of sp³-hybridized carbons (Fsp3) is 0.267. The Morgan fingerprint density at radius 3 is 2.83 bits per heavy atom. The van der Waals surface area contributed by atoms with Crippen LogP contribution in [0.2, 0.25) is 0 Å². The fourth-order valence-corrected chi connectivity index (χ4v) is 2.77. The summed E-state index contributed by atoms with van der Waals surface area (Å²) in [5, 5.41) is 18.1. The van der Waals surface area contributed by atoms with Crippen LogP contribution in [0.25, 0.3) is 0 Å². The number of anilines is 1. The van der Waals surface area contributed by atoms with E-state index in [0.717, 1.165) is 42.8 Å². The number of hydrogen-bond acceptors (Lipinski definition) is 5. The molecular weight excluding hydrogens is 299 g/mol. The van der Waals surface area contributed by atoms with E-state index in [-0.39, 0.29) is 22.9 Å². The molecule has 0 aliphatic heterocycles. The maximum Gasteiger partial charge on any atom is 0.261 e. The lowest BCUT2D eigenvalue weighted by Crippen LogP contribution is -2.31. The maximum atomic E-state index is 12.8. The van der Waals surface area contributed by atoms with E-state index >= 15 is 0 Å². The minimum atomic E-state index is -0.600. The summed E-state index contributed by atoms with van der Waals surface area (Å²) in [4.78, 5) is 19.7. The Hall–Kier alpha value is -2.90. The van der Waals surface area contributed by atoms with Crippen molar-refractivity contribution >= 4 is 18.2 Å². The first-order chi connectivity index (χ1) is 11.0. The zero-order chi connectivity index (χ0) is 16.6. The van der Waals surface area contributed by atoms with Crippen molar-refractivity contribution in [2.24, 2.45) is 0 Å². The van der Waals surface area contributed by atoms with Gasteiger partial charge in [-0.05, 0) is 30.4 Å². The lowest BCUT2D eigenvalue weighted by molar-refractivity contribution is 0.102. The van der Waals surface area contributed by atoms with Gasteiger partial charge in [-0.25, -0.2) is 14.4 Å². The molecule has 0 spiro atoms. The molecule has 2 heterocycles. The molecule has 1 atom stereocenters. The summed E-state index contributed by atoms with van der Waals surface area (Å²) in [6, 6.07) is 1.69. The average Bonchev–Trinajstić information content (AvgIpc) is 2.90. The summed E-state index contributed by atoms with van der Waals surface area (Å²) in [6.45, 7) is 2.05. The maximum absolute atomic E-state index is 12.8. The molecule has 1 aliphatic carbocycles. The van der Waals surface area contributed by atoms with Gasteiger partial charge in [0.2, 0.25) is 5.95 Å². The molecule has 1 unspecified atom stereocenters. The molecule has 0 radical (unpaired) electrons. The van der Waals surface area contributed by atoms with Gasteiger partial charge in [-0.2, -0.15) is 0 Å². The van der Waals surface area contributed by atoms with Gasteiger partial charge in [0.25, 0.3) is 5.91 Å². The summed E-state index contributed by atoms with van der Waals surface area (Å²) in [5.74, 6) is -0.924. The molecule has 23 heavy (non-hydrogen) atoms. The monoisotopic (exact) mass is 314 g/mol. The first-order valence-corrected chi connectivity index (χ1v) is 7.13. The number of nitrogens with one attached hydrogen (secondary N) is 3. The molecule has 0 aromatic carbocycles. The van der Waals surface area contributed by atoms with Crippen LogP contribution in [0.15, 0.2) is 18.5 Å². The third-order valence-electron chi connectivity index (χ3n) is 3.98. The lowest BCUT2D eigenvalue weighted by Gasteiger charge is -2.13. The average molecular weight is 314 g/mol. The molecule has 1 aliphatic rings. The minimum Gasteiger partial charge on any atom is -0.291 e. The van der Waals surface area contributed by atoms with Gasteiger partial charge in [-0.1, -0.05) is 6.92 Å². The van der Waals surface area contributed by atoms with E-state index in [1.807, 2.05) is 0 Å². The first-order valence-electron chi connectivity index (χ1n) is 7.13. The standard InChI is InChI=1S/C15H15FN6O/c1-8-2-3-12-10(8)4-11(13(18)22(12)7-17)14(23)21-15-19-5-9(16)6-20-15/h4-8,17-18H,2-3H2,1H3,(H,19,20,21,23). The van der Waals surface area contributed by atoms with Crippen LogP contribution in [0, 0.1) is 16.6 Å². The third-order valence-corrected chi connectivity index (χ3v) is 3.98. The number of pyridine rings is 1. The molecule has 0 saturated carbocycles. The summed E-state index contributed by atoms with van der Waals surface area (Å²) in [5.41, 5.74) is 1.93. The zero-order valence-electron chi connectivity index (χ0n) is 12.4. The highest BCUT2D eigenvalue weighted by Gasteiger charge is 2.25. The van der Waals surface area contributed by atoms with Crippen LogP contribution >= 0.6 is 0 Å². The fourth-order valence-electron chi connectivity index (χ4n) is 2.77. The van der Waals surface area contributed by atoms with E-state index in [9.17, 15) is 9.18 Å². The van der Waals surface area contributed by atoms with E-state index in [1.165, 1.54) is 4.57 Å². The second kappa shape index (κ2) is 5.71. The predicted molar refractivity (Wildman–Crippen MR) is 81.1 cm³/mol. The number of fused-ring (bicyclic) bond motifs is 1. The Bertz CT molecular complexity index is 842. The van der Waals surface area contributed by atoms with Gasteiger partial charge >= 0.3 is 0 Å². The number of carbonyl (C=O) groups excluding carboxylic acids is 1. The van der Waals surface area contributed by atoms with Gasteiger partial charge in [0.05, 0.1) is 24.3 Å². The molecule has 3 rings (SSSR count). The van der Waals surface area contributed by atoms with E-state index in [4.69, 9.17) is 10.8 Å². The lowest BCUT2D eigenvalue weighted by atomic mass is 10.0. The van der Waals surface area contributed by atoms with Crippen LogP contribution in [0.1, 0.15) is 40.9 Å². The minimum absolute atomic E-state index is 0.0363. The van der Waals surface area contributed by atoms with E-state index in [2.05, 4.69) is 22.2 Å². The summed E-state index contributed by atoms with van der Waals surface area (Å²) >= 11 is 0. The Balaban J connectivity index is 2.01. The van der Waals surface area contributed by atoms with Crippen LogP contribution in [0.5, 0.6) is 0 Å². The van der Waals surface area contributed by atoms with Gasteiger partial charge < -0.3 is 0 Å². The Labute approximate surface area is 131 Å². The van der Waals surface area contributed by atoms with Gasteiger partial charge in [-0.3, -0.25) is 25.5 Å². The normalized spacial score (nSPS) is 16.0. The van der Waals surface area contributed by atoms with Gasteiger partial charge in [0.1, 0.15) is 5.49 Å². The number of nitrogens with zero attached hydrogens (tertiary/aromatic N) is 3. The van der Waals surface area contributed by atoms with Crippen LogP contribution in [-0.2, 0) is 6.42 Å².